The molecule has 0 saturated carbocycles. The Morgan fingerprint density at radius 3 is 2.77 bits per heavy atom. The SMILES string of the molecule is Cc1ccccc1C(=O)NC1CCc2onc(C(=O)N3CCCC3)c2C1. The third-order valence-corrected chi connectivity index (χ3v) is 5.36. The molecule has 0 spiro atoms. The number of nitrogens with zero attached hydrogens (tertiary/aromatic N) is 2. The van der Waals surface area contributed by atoms with Crippen LogP contribution in [0.25, 0.3) is 0 Å². The first-order chi connectivity index (χ1) is 12.6. The molecule has 0 bridgehead atoms. The average molecular weight is 353 g/mol. The predicted octanol–water partition coefficient (Wildman–Crippen LogP) is 2.51. The number of rotatable bonds is 3. The maximum Gasteiger partial charge on any atom is 0.276 e. The van der Waals surface area contributed by atoms with Gasteiger partial charge in [-0.1, -0.05) is 23.4 Å². The Kier molecular flexibility index (Phi) is 4.49. The van der Waals surface area contributed by atoms with Crippen LogP contribution in [0, 0.1) is 6.92 Å². The quantitative estimate of drug-likeness (QED) is 0.920. The molecule has 1 aromatic carbocycles. The van der Waals surface area contributed by atoms with Crippen LogP contribution in [0.4, 0.5) is 0 Å². The first-order valence-electron chi connectivity index (χ1n) is 9.26. The summed E-state index contributed by atoms with van der Waals surface area (Å²) in [5.41, 5.74) is 2.94. The maximum atomic E-state index is 12.7. The molecular weight excluding hydrogens is 330 g/mol. The number of nitrogens with one attached hydrogen (secondary N) is 1. The van der Waals surface area contributed by atoms with E-state index in [9.17, 15) is 9.59 Å². The minimum atomic E-state index is -0.0691. The van der Waals surface area contributed by atoms with Gasteiger partial charge in [-0.2, -0.15) is 0 Å². The Morgan fingerprint density at radius 1 is 1.23 bits per heavy atom. The van der Waals surface area contributed by atoms with E-state index in [1.54, 1.807) is 0 Å². The van der Waals surface area contributed by atoms with E-state index in [0.717, 1.165) is 49.2 Å². The van der Waals surface area contributed by atoms with Crippen LogP contribution < -0.4 is 5.32 Å². The molecule has 1 N–H and O–H groups in total. The number of aryl methyl sites for hydroxylation is 2. The highest BCUT2D eigenvalue weighted by molar-refractivity contribution is 5.96. The normalized spacial score (nSPS) is 19.3. The zero-order chi connectivity index (χ0) is 18.1. The third kappa shape index (κ3) is 3.11. The molecule has 2 aromatic rings. The van der Waals surface area contributed by atoms with Crippen LogP contribution in [0.5, 0.6) is 0 Å². The van der Waals surface area contributed by atoms with Crippen molar-refractivity contribution in [2.75, 3.05) is 13.1 Å². The summed E-state index contributed by atoms with van der Waals surface area (Å²) < 4.78 is 5.41. The van der Waals surface area contributed by atoms with Crippen LogP contribution in [-0.2, 0) is 12.8 Å². The Morgan fingerprint density at radius 2 is 2.00 bits per heavy atom. The average Bonchev–Trinajstić information content (AvgIpc) is 3.31. The Bertz CT molecular complexity index is 837. The van der Waals surface area contributed by atoms with Crippen molar-refractivity contribution in [3.05, 3.63) is 52.4 Å². The lowest BCUT2D eigenvalue weighted by molar-refractivity contribution is 0.0781. The molecule has 26 heavy (non-hydrogen) atoms. The van der Waals surface area contributed by atoms with Crippen molar-refractivity contribution in [1.29, 1.82) is 0 Å². The van der Waals surface area contributed by atoms with Crippen LogP contribution in [0.1, 0.15) is 57.0 Å². The van der Waals surface area contributed by atoms with Gasteiger partial charge in [-0.15, -0.1) is 0 Å². The van der Waals surface area contributed by atoms with Crippen molar-refractivity contribution >= 4 is 11.8 Å². The molecule has 2 aliphatic rings. The minimum Gasteiger partial charge on any atom is -0.360 e. The number of carbonyl (C=O) groups excluding carboxylic acids is 2. The van der Waals surface area contributed by atoms with Gasteiger partial charge in [0.05, 0.1) is 0 Å². The fourth-order valence-electron chi connectivity index (χ4n) is 3.86. The molecule has 1 unspecified atom stereocenters. The van der Waals surface area contributed by atoms with Crippen LogP contribution in [-0.4, -0.2) is 41.0 Å². The summed E-state index contributed by atoms with van der Waals surface area (Å²) in [5.74, 6) is 0.674. The number of benzene rings is 1. The molecule has 0 radical (unpaired) electrons. The number of hydrogen-bond donors (Lipinski definition) is 1. The van der Waals surface area contributed by atoms with Gasteiger partial charge in [-0.3, -0.25) is 9.59 Å². The molecule has 6 nitrogen and oxygen atoms in total. The fraction of sp³-hybridized carbons (Fsp3) is 0.450. The Balaban J connectivity index is 1.49. The van der Waals surface area contributed by atoms with E-state index in [1.807, 2.05) is 36.1 Å². The van der Waals surface area contributed by atoms with Crippen molar-refractivity contribution in [3.8, 4) is 0 Å². The second-order valence-electron chi connectivity index (χ2n) is 7.16. The van der Waals surface area contributed by atoms with Crippen LogP contribution >= 0.6 is 0 Å². The number of likely N-dealkylation sites (tertiary alicyclic amines) is 1. The van der Waals surface area contributed by atoms with Crippen molar-refractivity contribution in [2.24, 2.45) is 0 Å². The Hall–Kier alpha value is -2.63. The van der Waals surface area contributed by atoms with Gasteiger partial charge in [0.15, 0.2) is 5.69 Å². The number of fused-ring (bicyclic) bond motifs is 1. The number of aromatic nitrogens is 1. The van der Waals surface area contributed by atoms with Crippen molar-refractivity contribution in [1.82, 2.24) is 15.4 Å². The standard InChI is InChI=1S/C20H23N3O3/c1-13-6-2-3-7-15(13)19(24)21-14-8-9-17-16(12-14)18(22-26-17)20(25)23-10-4-5-11-23/h2-3,6-7,14H,4-5,8-12H2,1H3,(H,21,24). The smallest absolute Gasteiger partial charge is 0.276 e. The lowest BCUT2D eigenvalue weighted by atomic mass is 9.91. The zero-order valence-electron chi connectivity index (χ0n) is 15.0. The van der Waals surface area contributed by atoms with Gasteiger partial charge in [0.2, 0.25) is 0 Å². The van der Waals surface area contributed by atoms with Gasteiger partial charge in [0.1, 0.15) is 5.76 Å². The number of carbonyl (C=O) groups is 2. The summed E-state index contributed by atoms with van der Waals surface area (Å²) >= 11 is 0. The zero-order valence-corrected chi connectivity index (χ0v) is 15.0. The van der Waals surface area contributed by atoms with E-state index >= 15 is 0 Å². The van der Waals surface area contributed by atoms with E-state index in [1.165, 1.54) is 0 Å². The molecule has 1 saturated heterocycles. The van der Waals surface area contributed by atoms with Crippen molar-refractivity contribution in [3.63, 3.8) is 0 Å². The molecule has 1 aliphatic carbocycles. The highest BCUT2D eigenvalue weighted by Crippen LogP contribution is 2.26. The monoisotopic (exact) mass is 353 g/mol. The molecular formula is C20H23N3O3. The van der Waals surface area contributed by atoms with E-state index in [0.29, 0.717) is 24.1 Å². The van der Waals surface area contributed by atoms with Gasteiger partial charge >= 0.3 is 0 Å². The summed E-state index contributed by atoms with van der Waals surface area (Å²) in [7, 11) is 0. The largest absolute Gasteiger partial charge is 0.360 e. The number of amides is 2. The Labute approximate surface area is 152 Å². The summed E-state index contributed by atoms with van der Waals surface area (Å²) in [6, 6.07) is 7.54. The lowest BCUT2D eigenvalue weighted by Crippen LogP contribution is -2.39. The molecule has 4 rings (SSSR count). The molecule has 2 amide bonds. The highest BCUT2D eigenvalue weighted by Gasteiger charge is 2.32. The summed E-state index contributed by atoms with van der Waals surface area (Å²) in [5, 5.41) is 7.16. The van der Waals surface area contributed by atoms with Crippen molar-refractivity contribution in [2.45, 2.75) is 45.1 Å². The van der Waals surface area contributed by atoms with E-state index in [-0.39, 0.29) is 17.9 Å². The molecule has 6 heteroatoms. The predicted molar refractivity (Wildman–Crippen MR) is 96.1 cm³/mol. The van der Waals surface area contributed by atoms with E-state index in [4.69, 9.17) is 4.52 Å². The maximum absolute atomic E-state index is 12.7. The van der Waals surface area contributed by atoms with Gasteiger partial charge in [-0.25, -0.2) is 0 Å². The van der Waals surface area contributed by atoms with E-state index in [2.05, 4.69) is 10.5 Å². The van der Waals surface area contributed by atoms with E-state index < -0.39 is 0 Å². The van der Waals surface area contributed by atoms with Gasteiger partial charge in [-0.05, 0) is 44.2 Å². The summed E-state index contributed by atoms with van der Waals surface area (Å²) in [6.07, 6.45) is 4.15. The topological polar surface area (TPSA) is 75.4 Å². The first kappa shape index (κ1) is 16.8. The number of hydrogen-bond acceptors (Lipinski definition) is 4. The van der Waals surface area contributed by atoms with Crippen LogP contribution in [0.3, 0.4) is 0 Å². The molecule has 1 aromatic heterocycles. The van der Waals surface area contributed by atoms with Crippen molar-refractivity contribution < 1.29 is 14.1 Å². The van der Waals surface area contributed by atoms with Crippen LogP contribution in [0.15, 0.2) is 28.8 Å². The first-order valence-corrected chi connectivity index (χ1v) is 9.26. The summed E-state index contributed by atoms with van der Waals surface area (Å²) in [4.78, 5) is 27.1. The minimum absolute atomic E-state index is 0.0147. The molecule has 1 aliphatic heterocycles. The summed E-state index contributed by atoms with van der Waals surface area (Å²) in [6.45, 7) is 3.50. The highest BCUT2D eigenvalue weighted by atomic mass is 16.5. The molecule has 2 heterocycles. The van der Waals surface area contributed by atoms with Gasteiger partial charge < -0.3 is 14.7 Å². The second-order valence-corrected chi connectivity index (χ2v) is 7.16. The fourth-order valence-corrected chi connectivity index (χ4v) is 3.86. The van der Waals surface area contributed by atoms with Gasteiger partial charge in [0.25, 0.3) is 11.8 Å². The lowest BCUT2D eigenvalue weighted by Gasteiger charge is -2.23. The van der Waals surface area contributed by atoms with Gasteiger partial charge in [0, 0.05) is 36.7 Å². The molecule has 1 atom stereocenters. The molecule has 1 fully saturated rings. The third-order valence-electron chi connectivity index (χ3n) is 5.36. The van der Waals surface area contributed by atoms with Crippen LogP contribution in [0.2, 0.25) is 0 Å². The molecule has 136 valence electrons. The second kappa shape index (κ2) is 6.94.